The summed E-state index contributed by atoms with van der Waals surface area (Å²) in [6, 6.07) is 16.3. The van der Waals surface area contributed by atoms with Crippen LogP contribution in [0.1, 0.15) is 21.5 Å². The fourth-order valence-corrected chi connectivity index (χ4v) is 3.12. The van der Waals surface area contributed by atoms with Gasteiger partial charge in [0.05, 0.1) is 23.4 Å². The van der Waals surface area contributed by atoms with Gasteiger partial charge in [-0.1, -0.05) is 35.3 Å². The Hall–Kier alpha value is -3.61. The first-order chi connectivity index (χ1) is 15.4. The first kappa shape index (κ1) is 23.1. The van der Waals surface area contributed by atoms with Gasteiger partial charge < -0.3 is 14.6 Å². The zero-order valence-electron chi connectivity index (χ0n) is 16.8. The summed E-state index contributed by atoms with van der Waals surface area (Å²) in [5, 5.41) is 9.67. The van der Waals surface area contributed by atoms with Crippen LogP contribution in [0.15, 0.2) is 71.7 Å². The number of nitrogens with zero attached hydrogens (tertiary/aromatic N) is 1. The summed E-state index contributed by atoms with van der Waals surface area (Å²) in [4.78, 5) is 27.5. The van der Waals surface area contributed by atoms with Gasteiger partial charge in [-0.3, -0.25) is 4.99 Å². The summed E-state index contributed by atoms with van der Waals surface area (Å²) in [6.07, 6.45) is 4.37. The Morgan fingerprint density at radius 3 is 2.41 bits per heavy atom. The molecule has 0 spiro atoms. The highest BCUT2D eigenvalue weighted by atomic mass is 35.5. The molecule has 0 saturated heterocycles. The third kappa shape index (κ3) is 6.20. The van der Waals surface area contributed by atoms with Crippen molar-refractivity contribution in [2.24, 2.45) is 4.99 Å². The summed E-state index contributed by atoms with van der Waals surface area (Å²) >= 11 is 12.2. The van der Waals surface area contributed by atoms with E-state index in [-0.39, 0.29) is 22.1 Å². The van der Waals surface area contributed by atoms with E-state index in [0.717, 1.165) is 5.56 Å². The summed E-state index contributed by atoms with van der Waals surface area (Å²) in [6.45, 7) is 0. The van der Waals surface area contributed by atoms with Crippen LogP contribution in [0.3, 0.4) is 0 Å². The molecule has 0 bridgehead atoms. The van der Waals surface area contributed by atoms with Gasteiger partial charge in [0.1, 0.15) is 0 Å². The van der Waals surface area contributed by atoms with Crippen LogP contribution in [-0.2, 0) is 4.79 Å². The highest BCUT2D eigenvalue weighted by molar-refractivity contribution is 6.32. The minimum atomic E-state index is -1.01. The number of carboxylic acid groups (broad SMARTS) is 1. The molecule has 0 heterocycles. The van der Waals surface area contributed by atoms with E-state index < -0.39 is 11.9 Å². The molecule has 0 aliphatic heterocycles. The quantitative estimate of drug-likeness (QED) is 0.196. The number of rotatable bonds is 7. The van der Waals surface area contributed by atoms with Crippen molar-refractivity contribution in [1.29, 1.82) is 0 Å². The lowest BCUT2D eigenvalue weighted by atomic mass is 10.2. The second-order valence-electron chi connectivity index (χ2n) is 6.45. The minimum Gasteiger partial charge on any atom is -0.493 e. The van der Waals surface area contributed by atoms with Crippen molar-refractivity contribution in [2.75, 3.05) is 7.11 Å². The molecule has 0 aliphatic carbocycles. The molecule has 8 heteroatoms. The van der Waals surface area contributed by atoms with E-state index in [9.17, 15) is 9.59 Å². The van der Waals surface area contributed by atoms with Crippen molar-refractivity contribution in [2.45, 2.75) is 0 Å². The summed E-state index contributed by atoms with van der Waals surface area (Å²) < 4.78 is 10.7. The first-order valence-corrected chi connectivity index (χ1v) is 10.0. The van der Waals surface area contributed by atoms with E-state index >= 15 is 0 Å². The lowest BCUT2D eigenvalue weighted by Crippen LogP contribution is -2.06. The van der Waals surface area contributed by atoms with Gasteiger partial charge >= 0.3 is 11.9 Å². The van der Waals surface area contributed by atoms with Gasteiger partial charge in [0.25, 0.3) is 0 Å². The van der Waals surface area contributed by atoms with Crippen LogP contribution in [0.2, 0.25) is 10.0 Å². The molecule has 162 valence electrons. The van der Waals surface area contributed by atoms with Gasteiger partial charge in [-0.2, -0.15) is 0 Å². The second kappa shape index (κ2) is 10.6. The van der Waals surface area contributed by atoms with E-state index in [0.29, 0.717) is 16.3 Å². The third-order valence-electron chi connectivity index (χ3n) is 4.19. The summed E-state index contributed by atoms with van der Waals surface area (Å²) in [5.41, 5.74) is 2.08. The van der Waals surface area contributed by atoms with Gasteiger partial charge in [-0.05, 0) is 65.7 Å². The Kier molecular flexibility index (Phi) is 7.65. The Morgan fingerprint density at radius 2 is 1.75 bits per heavy atom. The molecule has 3 aromatic rings. The smallest absolute Gasteiger partial charge is 0.336 e. The first-order valence-electron chi connectivity index (χ1n) is 9.26. The number of halogens is 2. The molecule has 0 atom stereocenters. The predicted molar refractivity (Wildman–Crippen MR) is 125 cm³/mol. The number of hydrogen-bond acceptors (Lipinski definition) is 5. The Bertz CT molecular complexity index is 1200. The van der Waals surface area contributed by atoms with Gasteiger partial charge in [0, 0.05) is 17.3 Å². The monoisotopic (exact) mass is 469 g/mol. The lowest BCUT2D eigenvalue weighted by molar-refractivity contribution is -0.129. The van der Waals surface area contributed by atoms with Crippen LogP contribution in [0.25, 0.3) is 6.08 Å². The van der Waals surface area contributed by atoms with Crippen LogP contribution in [-0.4, -0.2) is 30.4 Å². The molecular weight excluding hydrogens is 453 g/mol. The number of benzene rings is 3. The average molecular weight is 470 g/mol. The number of carbonyl (C=O) groups is 2. The summed E-state index contributed by atoms with van der Waals surface area (Å²) in [7, 11) is 1.43. The zero-order chi connectivity index (χ0) is 23.1. The Morgan fingerprint density at radius 1 is 1.00 bits per heavy atom. The molecule has 0 aliphatic rings. The second-order valence-corrected chi connectivity index (χ2v) is 7.30. The van der Waals surface area contributed by atoms with Gasteiger partial charge in [-0.15, -0.1) is 0 Å². The van der Waals surface area contributed by atoms with Gasteiger partial charge in [0.15, 0.2) is 11.5 Å². The third-order valence-corrected chi connectivity index (χ3v) is 4.71. The van der Waals surface area contributed by atoms with Gasteiger partial charge in [0.2, 0.25) is 0 Å². The highest BCUT2D eigenvalue weighted by Gasteiger charge is 2.14. The molecule has 3 aromatic carbocycles. The largest absolute Gasteiger partial charge is 0.493 e. The molecule has 6 nitrogen and oxygen atoms in total. The lowest BCUT2D eigenvalue weighted by Gasteiger charge is -2.11. The van der Waals surface area contributed by atoms with Crippen molar-refractivity contribution in [3.63, 3.8) is 0 Å². The molecule has 0 aromatic heterocycles. The fraction of sp³-hybridized carbons (Fsp3) is 0.0417. The molecule has 0 radical (unpaired) electrons. The van der Waals surface area contributed by atoms with E-state index in [1.165, 1.54) is 31.5 Å². The van der Waals surface area contributed by atoms with Crippen LogP contribution >= 0.6 is 23.2 Å². The number of carboxylic acids is 1. The number of aromatic carboxylic acids is 1. The Labute approximate surface area is 194 Å². The number of esters is 1. The van der Waals surface area contributed by atoms with Crippen LogP contribution in [0.4, 0.5) is 5.69 Å². The molecule has 0 amide bonds. The maximum absolute atomic E-state index is 12.2. The van der Waals surface area contributed by atoms with Crippen molar-refractivity contribution in [3.05, 3.63) is 93.5 Å². The molecular formula is C24H17Cl2NO5. The Balaban J connectivity index is 1.75. The molecule has 1 N–H and O–H groups in total. The number of hydrogen-bond donors (Lipinski definition) is 1. The molecule has 0 saturated carbocycles. The molecule has 3 rings (SSSR count). The maximum atomic E-state index is 12.2. The normalized spacial score (nSPS) is 11.1. The maximum Gasteiger partial charge on any atom is 0.336 e. The van der Waals surface area contributed by atoms with Crippen LogP contribution in [0.5, 0.6) is 11.5 Å². The number of carbonyl (C=O) groups excluding carboxylic acids is 1. The zero-order valence-corrected chi connectivity index (χ0v) is 18.3. The SMILES string of the molecule is COc1cc(/C=N/c2ccc(C(=O)O)cc2)cc(Cl)c1OC(=O)/C=C/c1cccc(Cl)c1. The number of ether oxygens (including phenoxy) is 2. The van der Waals surface area contributed by atoms with E-state index in [1.54, 1.807) is 54.6 Å². The van der Waals surface area contributed by atoms with Crippen molar-refractivity contribution < 1.29 is 24.2 Å². The van der Waals surface area contributed by atoms with Gasteiger partial charge in [-0.25, -0.2) is 9.59 Å². The van der Waals surface area contributed by atoms with Crippen LogP contribution < -0.4 is 9.47 Å². The predicted octanol–water partition coefficient (Wildman–Crippen LogP) is 6.07. The molecule has 0 unspecified atom stereocenters. The van der Waals surface area contributed by atoms with E-state index in [1.807, 2.05) is 0 Å². The van der Waals surface area contributed by atoms with Crippen molar-refractivity contribution in [3.8, 4) is 11.5 Å². The van der Waals surface area contributed by atoms with Crippen LogP contribution in [0, 0.1) is 0 Å². The average Bonchev–Trinajstić information content (AvgIpc) is 2.78. The summed E-state index contributed by atoms with van der Waals surface area (Å²) in [5.74, 6) is -1.31. The standard InChI is InChI=1S/C24H17Cl2NO5/c1-31-21-13-16(14-27-19-8-6-17(7-9-19)24(29)30)12-20(26)23(21)32-22(28)10-5-15-3-2-4-18(25)11-15/h2-14H,1H3,(H,29,30)/b10-5+,27-14+. The van der Waals surface area contributed by atoms with E-state index in [4.69, 9.17) is 37.8 Å². The van der Waals surface area contributed by atoms with E-state index in [2.05, 4.69) is 4.99 Å². The van der Waals surface area contributed by atoms with Crippen molar-refractivity contribution >= 4 is 53.1 Å². The number of methoxy groups -OCH3 is 1. The van der Waals surface area contributed by atoms with Crippen molar-refractivity contribution in [1.82, 2.24) is 0 Å². The number of aliphatic imine (C=N–C) groups is 1. The minimum absolute atomic E-state index is 0.0814. The molecule has 0 fully saturated rings. The molecule has 32 heavy (non-hydrogen) atoms. The fourth-order valence-electron chi connectivity index (χ4n) is 2.66. The highest BCUT2D eigenvalue weighted by Crippen LogP contribution is 2.36. The topological polar surface area (TPSA) is 85.2 Å².